The van der Waals surface area contributed by atoms with Crippen molar-refractivity contribution in [3.05, 3.63) is 12.2 Å². The number of hydrogen-bond acceptors (Lipinski definition) is 5. The molecule has 92 valence electrons. The number of carbonyl (C=O) groups is 1. The van der Waals surface area contributed by atoms with Crippen LogP contribution in [-0.4, -0.2) is 38.7 Å². The van der Waals surface area contributed by atoms with Crippen LogP contribution in [0.5, 0.6) is 0 Å². The van der Waals surface area contributed by atoms with Gasteiger partial charge in [0, 0.05) is 6.54 Å². The molecule has 3 unspecified atom stereocenters. The molecular weight excluding hydrogens is 222 g/mol. The van der Waals surface area contributed by atoms with Crippen molar-refractivity contribution in [2.75, 3.05) is 6.54 Å². The second-order valence-corrected chi connectivity index (χ2v) is 4.91. The average molecular weight is 237 g/mol. The van der Waals surface area contributed by atoms with Gasteiger partial charge in [-0.1, -0.05) is 11.6 Å². The molecule has 1 saturated carbocycles. The van der Waals surface area contributed by atoms with Crippen LogP contribution in [-0.2, 0) is 11.3 Å². The highest BCUT2D eigenvalue weighted by molar-refractivity contribution is 5.74. The number of nitrogens with zero attached hydrogens (tertiary/aromatic N) is 3. The zero-order chi connectivity index (χ0) is 11.8. The van der Waals surface area contributed by atoms with Gasteiger partial charge in [0.1, 0.15) is 6.04 Å². The van der Waals surface area contributed by atoms with Crippen LogP contribution in [0.4, 0.5) is 0 Å². The summed E-state index contributed by atoms with van der Waals surface area (Å²) in [4.78, 5) is 17.3. The predicted octanol–water partition coefficient (Wildman–Crippen LogP) is 0.755. The minimum Gasteiger partial charge on any atom is -0.480 e. The molecule has 1 aliphatic heterocycles. The third-order valence-electron chi connectivity index (χ3n) is 3.99. The lowest BCUT2D eigenvalue weighted by Crippen LogP contribution is -2.39. The molecule has 3 atom stereocenters. The zero-order valence-corrected chi connectivity index (χ0v) is 9.45. The fourth-order valence-corrected chi connectivity index (χ4v) is 3.34. The van der Waals surface area contributed by atoms with Gasteiger partial charge in [-0.25, -0.2) is 0 Å². The third-order valence-corrected chi connectivity index (χ3v) is 3.99. The molecule has 0 spiro atoms. The summed E-state index contributed by atoms with van der Waals surface area (Å²) in [6.45, 7) is 1.32. The van der Waals surface area contributed by atoms with Crippen molar-refractivity contribution in [3.8, 4) is 0 Å². The Kier molecular flexibility index (Phi) is 2.58. The molecule has 1 aromatic heterocycles. The topological polar surface area (TPSA) is 79.5 Å². The molecule has 0 bridgehead atoms. The van der Waals surface area contributed by atoms with E-state index >= 15 is 0 Å². The van der Waals surface area contributed by atoms with Gasteiger partial charge in [-0.3, -0.25) is 9.69 Å². The van der Waals surface area contributed by atoms with Crippen LogP contribution >= 0.6 is 0 Å². The van der Waals surface area contributed by atoms with Crippen LogP contribution in [0, 0.1) is 11.8 Å². The van der Waals surface area contributed by atoms with Gasteiger partial charge >= 0.3 is 5.97 Å². The fourth-order valence-electron chi connectivity index (χ4n) is 3.34. The maximum Gasteiger partial charge on any atom is 0.321 e. The van der Waals surface area contributed by atoms with E-state index in [1.807, 2.05) is 4.90 Å². The Morgan fingerprint density at radius 3 is 3.18 bits per heavy atom. The molecule has 2 heterocycles. The van der Waals surface area contributed by atoms with E-state index in [-0.39, 0.29) is 6.04 Å². The first-order chi connectivity index (χ1) is 8.25. The van der Waals surface area contributed by atoms with Crippen molar-refractivity contribution in [1.29, 1.82) is 0 Å². The van der Waals surface area contributed by atoms with E-state index in [9.17, 15) is 9.90 Å². The van der Waals surface area contributed by atoms with Crippen molar-refractivity contribution in [1.82, 2.24) is 15.0 Å². The summed E-state index contributed by atoms with van der Waals surface area (Å²) in [6.07, 6.45) is 4.62. The third kappa shape index (κ3) is 1.82. The van der Waals surface area contributed by atoms with E-state index in [0.717, 1.165) is 25.8 Å². The highest BCUT2D eigenvalue weighted by atomic mass is 16.5. The van der Waals surface area contributed by atoms with Gasteiger partial charge in [-0.15, -0.1) is 0 Å². The number of carboxylic acid groups (broad SMARTS) is 1. The second kappa shape index (κ2) is 4.10. The van der Waals surface area contributed by atoms with Gasteiger partial charge in [0.05, 0.1) is 6.54 Å². The van der Waals surface area contributed by atoms with E-state index in [4.69, 9.17) is 0 Å². The summed E-state index contributed by atoms with van der Waals surface area (Å²) in [5.41, 5.74) is 0. The van der Waals surface area contributed by atoms with Crippen LogP contribution in [0.1, 0.15) is 25.1 Å². The van der Waals surface area contributed by atoms with E-state index in [0.29, 0.717) is 24.2 Å². The summed E-state index contributed by atoms with van der Waals surface area (Å²) in [6, 6.07) is -0.374. The number of rotatable bonds is 3. The number of aliphatic carboxylic acids is 1. The summed E-state index contributed by atoms with van der Waals surface area (Å²) in [5.74, 6) is 0.682. The lowest BCUT2D eigenvalue weighted by atomic mass is 9.94. The van der Waals surface area contributed by atoms with Crippen LogP contribution in [0.25, 0.3) is 0 Å². The minimum atomic E-state index is -0.720. The van der Waals surface area contributed by atoms with Crippen molar-refractivity contribution in [2.24, 2.45) is 11.8 Å². The van der Waals surface area contributed by atoms with E-state index < -0.39 is 5.97 Å². The van der Waals surface area contributed by atoms with Gasteiger partial charge in [-0.2, -0.15) is 4.98 Å². The molecular formula is C11H15N3O3. The largest absolute Gasteiger partial charge is 0.480 e. The van der Waals surface area contributed by atoms with Crippen LogP contribution < -0.4 is 0 Å². The summed E-state index contributed by atoms with van der Waals surface area (Å²) in [5, 5.41) is 13.1. The maximum absolute atomic E-state index is 11.4. The quantitative estimate of drug-likeness (QED) is 0.835. The Bertz CT molecular complexity index is 406. The molecule has 1 aliphatic carbocycles. The molecule has 6 heteroatoms. The summed E-state index contributed by atoms with van der Waals surface area (Å²) in [7, 11) is 0. The lowest BCUT2D eigenvalue weighted by Gasteiger charge is -2.22. The van der Waals surface area contributed by atoms with Crippen LogP contribution in [0.3, 0.4) is 0 Å². The number of likely N-dealkylation sites (tertiary alicyclic amines) is 1. The lowest BCUT2D eigenvalue weighted by molar-refractivity contribution is -0.143. The van der Waals surface area contributed by atoms with Gasteiger partial charge < -0.3 is 9.63 Å². The Hall–Kier alpha value is -1.43. The summed E-state index contributed by atoms with van der Waals surface area (Å²) >= 11 is 0. The van der Waals surface area contributed by atoms with Gasteiger partial charge in [0.15, 0.2) is 5.82 Å². The molecule has 6 nitrogen and oxygen atoms in total. The molecule has 1 saturated heterocycles. The molecule has 3 rings (SSSR count). The highest BCUT2D eigenvalue weighted by Crippen LogP contribution is 2.42. The minimum absolute atomic E-state index is 0.305. The van der Waals surface area contributed by atoms with Crippen molar-refractivity contribution >= 4 is 5.97 Å². The molecule has 1 N–H and O–H groups in total. The van der Waals surface area contributed by atoms with Gasteiger partial charge in [0.2, 0.25) is 6.39 Å². The van der Waals surface area contributed by atoms with E-state index in [1.165, 1.54) is 6.39 Å². The molecule has 2 fully saturated rings. The first kappa shape index (κ1) is 10.7. The zero-order valence-electron chi connectivity index (χ0n) is 9.45. The first-order valence-electron chi connectivity index (χ1n) is 5.98. The maximum atomic E-state index is 11.4. The molecule has 2 aliphatic rings. The molecule has 0 radical (unpaired) electrons. The van der Waals surface area contributed by atoms with Gasteiger partial charge in [-0.05, 0) is 24.7 Å². The highest BCUT2D eigenvalue weighted by Gasteiger charge is 2.47. The van der Waals surface area contributed by atoms with Crippen molar-refractivity contribution < 1.29 is 14.4 Å². The van der Waals surface area contributed by atoms with Crippen LogP contribution in [0.15, 0.2) is 10.9 Å². The SMILES string of the molecule is O=C(O)C1C2CCCC2CN1Cc1ncon1. The van der Waals surface area contributed by atoms with Crippen molar-refractivity contribution in [2.45, 2.75) is 31.8 Å². The number of hydrogen-bond donors (Lipinski definition) is 1. The Morgan fingerprint density at radius 1 is 1.59 bits per heavy atom. The molecule has 0 amide bonds. The Labute approximate surface area is 98.6 Å². The number of fused-ring (bicyclic) bond motifs is 1. The predicted molar refractivity (Wildman–Crippen MR) is 57.0 cm³/mol. The monoisotopic (exact) mass is 237 g/mol. The molecule has 0 aromatic carbocycles. The smallest absolute Gasteiger partial charge is 0.321 e. The summed E-state index contributed by atoms with van der Waals surface area (Å²) < 4.78 is 4.68. The standard InChI is InChI=1S/C11H15N3O3/c15-11(16)10-8-3-1-2-7(8)4-14(10)5-9-12-6-17-13-9/h6-8,10H,1-5H2,(H,15,16). The molecule has 17 heavy (non-hydrogen) atoms. The van der Waals surface area contributed by atoms with Gasteiger partial charge in [0.25, 0.3) is 0 Å². The van der Waals surface area contributed by atoms with E-state index in [1.54, 1.807) is 0 Å². The van der Waals surface area contributed by atoms with E-state index in [2.05, 4.69) is 14.7 Å². The Balaban J connectivity index is 1.77. The fraction of sp³-hybridized carbons (Fsp3) is 0.727. The second-order valence-electron chi connectivity index (χ2n) is 4.91. The van der Waals surface area contributed by atoms with Crippen molar-refractivity contribution in [3.63, 3.8) is 0 Å². The number of aromatic nitrogens is 2. The van der Waals surface area contributed by atoms with Crippen LogP contribution in [0.2, 0.25) is 0 Å². The average Bonchev–Trinajstić information content (AvgIpc) is 2.92. The normalized spacial score (nSPS) is 32.8. The molecule has 1 aromatic rings. The first-order valence-corrected chi connectivity index (χ1v) is 5.98. The number of carboxylic acids is 1. The Morgan fingerprint density at radius 2 is 2.47 bits per heavy atom.